The van der Waals surface area contributed by atoms with Gasteiger partial charge in [-0.1, -0.05) is 59.8 Å². The Labute approximate surface area is 275 Å². The first kappa shape index (κ1) is 36.0. The van der Waals surface area contributed by atoms with Crippen molar-refractivity contribution in [1.29, 1.82) is 0 Å². The summed E-state index contributed by atoms with van der Waals surface area (Å²) < 4.78 is 32.5. The number of benzene rings is 1. The Morgan fingerprint density at radius 2 is 1.82 bits per heavy atom. The predicted octanol–water partition coefficient (Wildman–Crippen LogP) is 9.48. The fourth-order valence-electron chi connectivity index (χ4n) is 7.77. The van der Waals surface area contributed by atoms with Crippen LogP contribution >= 0.6 is 11.6 Å². The zero-order valence-corrected chi connectivity index (χ0v) is 31.0. The zero-order chi connectivity index (χ0) is 32.5. The predicted molar refractivity (Wildman–Crippen MR) is 186 cm³/mol. The van der Waals surface area contributed by atoms with E-state index in [0.717, 1.165) is 50.0 Å². The monoisotopic (exact) mass is 646 g/mol. The van der Waals surface area contributed by atoms with Gasteiger partial charge in [0.2, 0.25) is 0 Å². The van der Waals surface area contributed by atoms with E-state index in [-0.39, 0.29) is 45.4 Å². The molecule has 2 bridgehead atoms. The molecule has 4 aliphatic rings. The van der Waals surface area contributed by atoms with Crippen molar-refractivity contribution in [2.75, 3.05) is 13.7 Å². The lowest BCUT2D eigenvalue weighted by molar-refractivity contribution is -0.199. The van der Waals surface area contributed by atoms with Gasteiger partial charge in [-0.15, -0.1) is 18.2 Å². The van der Waals surface area contributed by atoms with Crippen LogP contribution in [0.25, 0.3) is 0 Å². The average molecular weight is 647 g/mol. The van der Waals surface area contributed by atoms with Crippen LogP contribution in [0, 0.1) is 29.1 Å². The lowest BCUT2D eigenvalue weighted by atomic mass is 9.43. The molecule has 8 atom stereocenters. The molecule has 1 heterocycles. The maximum Gasteiger partial charge on any atom is 0.477 e. The number of alkyl halides is 1. The largest absolute Gasteiger partial charge is 0.497 e. The van der Waals surface area contributed by atoms with E-state index >= 15 is 0 Å². The van der Waals surface area contributed by atoms with Gasteiger partial charge in [0.1, 0.15) is 5.75 Å². The normalized spacial score (nSPS) is 28.9. The molecule has 1 saturated heterocycles. The molecule has 1 aromatic rings. The molecule has 44 heavy (non-hydrogen) atoms. The molecule has 5 rings (SSSR count). The summed E-state index contributed by atoms with van der Waals surface area (Å²) >= 11 is 7.55. The van der Waals surface area contributed by atoms with E-state index < -0.39 is 15.4 Å². The number of hydrogen-bond donors (Lipinski definition) is 0. The summed E-state index contributed by atoms with van der Waals surface area (Å²) in [4.78, 5) is 0. The Morgan fingerprint density at radius 1 is 1.14 bits per heavy atom. The third-order valence-electron chi connectivity index (χ3n) is 12.0. The Bertz CT molecular complexity index is 1090. The summed E-state index contributed by atoms with van der Waals surface area (Å²) in [5, 5.41) is -0.159. The molecule has 0 N–H and O–H groups in total. The van der Waals surface area contributed by atoms with Crippen LogP contribution in [0.5, 0.6) is 5.75 Å². The highest BCUT2D eigenvalue weighted by Gasteiger charge is 2.68. The van der Waals surface area contributed by atoms with Crippen LogP contribution in [-0.4, -0.2) is 52.2 Å². The van der Waals surface area contributed by atoms with Crippen LogP contribution in [-0.2, 0) is 25.1 Å². The van der Waals surface area contributed by atoms with Gasteiger partial charge in [-0.2, -0.15) is 0 Å². The third kappa shape index (κ3) is 7.49. The van der Waals surface area contributed by atoms with Crippen molar-refractivity contribution < 1.29 is 23.2 Å². The van der Waals surface area contributed by atoms with Gasteiger partial charge >= 0.3 is 7.12 Å². The quantitative estimate of drug-likeness (QED) is 0.0775. The number of methoxy groups -OCH3 is 1. The second-order valence-corrected chi connectivity index (χ2v) is 21.5. The Morgan fingerprint density at radius 3 is 2.41 bits per heavy atom. The Kier molecular flexibility index (Phi) is 11.6. The second kappa shape index (κ2) is 14.1. The molecule has 8 heteroatoms. The van der Waals surface area contributed by atoms with E-state index in [4.69, 9.17) is 34.8 Å². The van der Waals surface area contributed by atoms with Crippen molar-refractivity contribution in [1.82, 2.24) is 0 Å². The fourth-order valence-corrected chi connectivity index (χ4v) is 9.24. The van der Waals surface area contributed by atoms with Gasteiger partial charge in [0.15, 0.2) is 8.32 Å². The molecule has 1 aromatic carbocycles. The van der Waals surface area contributed by atoms with E-state index in [1.54, 1.807) is 7.11 Å². The van der Waals surface area contributed by atoms with Crippen LogP contribution in [0.4, 0.5) is 0 Å². The van der Waals surface area contributed by atoms with Crippen molar-refractivity contribution in [2.24, 2.45) is 29.1 Å². The summed E-state index contributed by atoms with van der Waals surface area (Å²) in [5.41, 5.74) is 1.11. The van der Waals surface area contributed by atoms with Crippen molar-refractivity contribution in [3.05, 3.63) is 42.5 Å². The summed E-state index contributed by atoms with van der Waals surface area (Å²) in [6.45, 7) is 26.1. The molecule has 1 unspecified atom stereocenters. The van der Waals surface area contributed by atoms with Gasteiger partial charge in [0, 0.05) is 12.5 Å². The number of rotatable bonds is 16. The molecular weight excluding hydrogens is 587 g/mol. The summed E-state index contributed by atoms with van der Waals surface area (Å²) in [6, 6.07) is 8.13. The van der Waals surface area contributed by atoms with E-state index in [9.17, 15) is 0 Å². The van der Waals surface area contributed by atoms with Gasteiger partial charge in [0.05, 0.1) is 36.8 Å². The minimum Gasteiger partial charge on any atom is -0.497 e. The van der Waals surface area contributed by atoms with Crippen molar-refractivity contribution >= 4 is 27.0 Å². The first-order valence-corrected chi connectivity index (χ1v) is 20.4. The smallest absolute Gasteiger partial charge is 0.477 e. The topological polar surface area (TPSA) is 46.2 Å². The van der Waals surface area contributed by atoms with Crippen LogP contribution in [0.1, 0.15) is 92.6 Å². The number of allylic oxidation sites excluding steroid dienone is 1. The molecule has 248 valence electrons. The van der Waals surface area contributed by atoms with Crippen LogP contribution < -0.4 is 4.74 Å². The Balaban J connectivity index is 1.55. The molecule has 0 radical (unpaired) electrons. The molecule has 4 fully saturated rings. The highest BCUT2D eigenvalue weighted by Crippen LogP contribution is 2.66. The fraction of sp³-hybridized carbons (Fsp3) is 0.778. The molecule has 0 amide bonds. The first-order valence-electron chi connectivity index (χ1n) is 17.0. The molecular formula is C36H60BClO5Si. The van der Waals surface area contributed by atoms with Gasteiger partial charge in [-0.05, 0) is 104 Å². The van der Waals surface area contributed by atoms with E-state index in [1.807, 2.05) is 18.2 Å². The Hall–Kier alpha value is -0.828. The minimum absolute atomic E-state index is 0.0366. The second-order valence-electron chi connectivity index (χ2n) is 16.2. The minimum atomic E-state index is -1.85. The first-order chi connectivity index (χ1) is 20.5. The molecule has 3 saturated carbocycles. The number of ether oxygens (including phenoxy) is 2. The third-order valence-corrected chi connectivity index (χ3v) is 17.1. The lowest BCUT2D eigenvalue weighted by Gasteiger charge is -2.64. The van der Waals surface area contributed by atoms with Crippen LogP contribution in [0.2, 0.25) is 18.1 Å². The molecule has 0 spiro atoms. The number of halogens is 1. The molecule has 0 aromatic heterocycles. The lowest BCUT2D eigenvalue weighted by Crippen LogP contribution is -2.65. The zero-order valence-electron chi connectivity index (χ0n) is 29.3. The van der Waals surface area contributed by atoms with Crippen LogP contribution in [0.15, 0.2) is 36.9 Å². The van der Waals surface area contributed by atoms with Crippen LogP contribution in [0.3, 0.4) is 0 Å². The van der Waals surface area contributed by atoms with Crippen molar-refractivity contribution in [3.63, 3.8) is 0 Å². The maximum absolute atomic E-state index is 7.55. The molecule has 3 aliphatic carbocycles. The van der Waals surface area contributed by atoms with Gasteiger partial charge in [-0.25, -0.2) is 0 Å². The van der Waals surface area contributed by atoms with E-state index in [0.29, 0.717) is 18.4 Å². The highest BCUT2D eigenvalue weighted by molar-refractivity contribution is 6.74. The molecule has 1 aliphatic heterocycles. The SMILES string of the molecule is C=CCC[C@@H](C)[C@H](OCc1ccc(OC)cc1)[C@H](CCCO[Si](C)(C)C(C)(C)C)C(Cl)B1O[C@@H]2C[C@@H]3C[C@@H](C3(C)C)[C@]2(C)O1. The number of hydrogen-bond acceptors (Lipinski definition) is 5. The maximum atomic E-state index is 7.55. The van der Waals surface area contributed by atoms with Gasteiger partial charge < -0.3 is 23.2 Å². The highest BCUT2D eigenvalue weighted by atomic mass is 35.5. The van der Waals surface area contributed by atoms with Crippen molar-refractivity contribution in [2.45, 2.75) is 135 Å². The standard InChI is InChI=1S/C36H60BClO5Si/c1-12-13-15-25(2)32(40-24-26-17-19-28(39-9)20-18-26)29(16-14-21-41-44(10,11)34(3,4)5)33(38)37-42-31-23-27-22-30(35(27,6)7)36(31,8)43-37/h12,17-20,25,27,29-33H,1,13-16,21-24H2,2-11H3/t25-,27+,29+,30+,31-,32+,33?,36+/m1/s1. The average Bonchev–Trinajstić information content (AvgIpc) is 3.33. The van der Waals surface area contributed by atoms with Crippen molar-refractivity contribution in [3.8, 4) is 5.75 Å². The van der Waals surface area contributed by atoms with E-state index in [1.165, 1.54) is 6.42 Å². The summed E-state index contributed by atoms with van der Waals surface area (Å²) in [6.07, 6.45) is 8.04. The van der Waals surface area contributed by atoms with Gasteiger partial charge in [0.25, 0.3) is 0 Å². The molecule has 5 nitrogen and oxygen atoms in total. The summed E-state index contributed by atoms with van der Waals surface area (Å²) in [5.74, 6) is 2.36. The van der Waals surface area contributed by atoms with Gasteiger partial charge in [-0.3, -0.25) is 0 Å². The summed E-state index contributed by atoms with van der Waals surface area (Å²) in [7, 11) is -0.607. The van der Waals surface area contributed by atoms with E-state index in [2.05, 4.69) is 80.3 Å².